The summed E-state index contributed by atoms with van der Waals surface area (Å²) in [7, 11) is -3.97. The van der Waals surface area contributed by atoms with Crippen LogP contribution in [0.1, 0.15) is 13.8 Å². The summed E-state index contributed by atoms with van der Waals surface area (Å²) in [6, 6.07) is 19.7. The first-order valence-electron chi connectivity index (χ1n) is 10.4. The highest BCUT2D eigenvalue weighted by Gasteiger charge is 2.37. The van der Waals surface area contributed by atoms with Gasteiger partial charge in [0.25, 0.3) is 15.9 Å². The first-order valence-corrected chi connectivity index (χ1v) is 12.2. The molecule has 1 heterocycles. The van der Waals surface area contributed by atoms with Gasteiger partial charge < -0.3 is 14.8 Å². The Labute approximate surface area is 197 Å². The normalized spacial score (nSPS) is 15.5. The predicted octanol–water partition coefficient (Wildman–Crippen LogP) is 4.72. The second kappa shape index (κ2) is 9.33. The highest BCUT2D eigenvalue weighted by molar-refractivity contribution is 7.92. The molecule has 0 saturated carbocycles. The number of amides is 1. The largest absolute Gasteiger partial charge is 0.489 e. The van der Waals surface area contributed by atoms with Crippen molar-refractivity contribution in [2.24, 2.45) is 0 Å². The number of nitrogens with one attached hydrogen (secondary N) is 1. The van der Waals surface area contributed by atoms with Gasteiger partial charge in [-0.3, -0.25) is 9.10 Å². The molecule has 7 nitrogen and oxygen atoms in total. The molecule has 172 valence electrons. The van der Waals surface area contributed by atoms with Crippen molar-refractivity contribution in [1.29, 1.82) is 0 Å². The highest BCUT2D eigenvalue weighted by atomic mass is 35.5. The highest BCUT2D eigenvalue weighted by Crippen LogP contribution is 2.37. The molecule has 0 aromatic heterocycles. The molecule has 0 bridgehead atoms. The number of halogens is 1. The van der Waals surface area contributed by atoms with E-state index in [1.807, 2.05) is 13.8 Å². The number of para-hydroxylation sites is 4. The van der Waals surface area contributed by atoms with Crippen LogP contribution in [0.2, 0.25) is 5.02 Å². The van der Waals surface area contributed by atoms with Crippen LogP contribution in [-0.4, -0.2) is 33.1 Å². The Morgan fingerprint density at radius 1 is 1.06 bits per heavy atom. The summed E-state index contributed by atoms with van der Waals surface area (Å²) in [6.45, 7) is 3.58. The quantitative estimate of drug-likeness (QED) is 0.544. The summed E-state index contributed by atoms with van der Waals surface area (Å²) in [4.78, 5) is 13.2. The first-order chi connectivity index (χ1) is 15.8. The standard InChI is InChI=1S/C24H23ClN2O5S/c1-16(2)31-21-9-5-3-7-19(21)26-24(28)23-15-27(20-8-4-6-10-22(20)32-23)33(29,30)18-13-11-17(25)12-14-18/h3-14,16,23H,15H2,1-2H3,(H,26,28). The van der Waals surface area contributed by atoms with Crippen LogP contribution in [0.4, 0.5) is 11.4 Å². The third kappa shape index (κ3) is 4.91. The van der Waals surface area contributed by atoms with Crippen molar-refractivity contribution in [1.82, 2.24) is 0 Å². The number of benzene rings is 3. The summed E-state index contributed by atoms with van der Waals surface area (Å²) in [5, 5.41) is 3.23. The third-order valence-corrected chi connectivity index (χ3v) is 6.98. The van der Waals surface area contributed by atoms with Crippen LogP contribution in [0.25, 0.3) is 0 Å². The fourth-order valence-corrected chi connectivity index (χ4v) is 5.04. The maximum Gasteiger partial charge on any atom is 0.267 e. The van der Waals surface area contributed by atoms with E-state index >= 15 is 0 Å². The number of fused-ring (bicyclic) bond motifs is 1. The molecule has 3 aromatic rings. The minimum Gasteiger partial charge on any atom is -0.489 e. The van der Waals surface area contributed by atoms with Gasteiger partial charge >= 0.3 is 0 Å². The van der Waals surface area contributed by atoms with E-state index in [9.17, 15) is 13.2 Å². The van der Waals surface area contributed by atoms with E-state index in [1.165, 1.54) is 28.6 Å². The number of nitrogens with zero attached hydrogens (tertiary/aromatic N) is 1. The van der Waals surface area contributed by atoms with Crippen LogP contribution in [0.3, 0.4) is 0 Å². The van der Waals surface area contributed by atoms with Gasteiger partial charge in [0.1, 0.15) is 11.5 Å². The molecule has 4 rings (SSSR count). The van der Waals surface area contributed by atoms with Crippen LogP contribution < -0.4 is 19.1 Å². The van der Waals surface area contributed by atoms with E-state index in [-0.39, 0.29) is 17.5 Å². The number of ether oxygens (including phenoxy) is 2. The van der Waals surface area contributed by atoms with Crippen LogP contribution in [-0.2, 0) is 14.8 Å². The molecule has 0 saturated heterocycles. The molecule has 0 radical (unpaired) electrons. The Morgan fingerprint density at radius 2 is 1.73 bits per heavy atom. The summed E-state index contributed by atoms with van der Waals surface area (Å²) in [5.41, 5.74) is 0.839. The molecule has 33 heavy (non-hydrogen) atoms. The molecule has 1 aliphatic rings. The summed E-state index contributed by atoms with van der Waals surface area (Å²) < 4.78 is 39.7. The van der Waals surface area contributed by atoms with Crippen LogP contribution in [0, 0.1) is 0 Å². The number of carbonyl (C=O) groups excluding carboxylic acids is 1. The fourth-order valence-electron chi connectivity index (χ4n) is 3.44. The lowest BCUT2D eigenvalue weighted by atomic mass is 10.2. The molecule has 1 aliphatic heterocycles. The van der Waals surface area contributed by atoms with Crippen LogP contribution in [0.5, 0.6) is 11.5 Å². The Hall–Kier alpha value is -3.23. The van der Waals surface area contributed by atoms with Crippen molar-refractivity contribution in [2.75, 3.05) is 16.2 Å². The average molecular weight is 487 g/mol. The van der Waals surface area contributed by atoms with Gasteiger partial charge in [-0.25, -0.2) is 8.42 Å². The van der Waals surface area contributed by atoms with Crippen molar-refractivity contribution < 1.29 is 22.7 Å². The molecule has 0 fully saturated rings. The number of anilines is 2. The zero-order chi connectivity index (χ0) is 23.6. The zero-order valence-electron chi connectivity index (χ0n) is 18.1. The van der Waals surface area contributed by atoms with Crippen molar-refractivity contribution in [3.05, 3.63) is 77.8 Å². The van der Waals surface area contributed by atoms with E-state index in [0.29, 0.717) is 27.9 Å². The number of sulfonamides is 1. The number of hydrogen-bond donors (Lipinski definition) is 1. The Bertz CT molecular complexity index is 1260. The molecule has 0 aliphatic carbocycles. The lowest BCUT2D eigenvalue weighted by Gasteiger charge is -2.34. The van der Waals surface area contributed by atoms with Gasteiger partial charge in [-0.05, 0) is 62.4 Å². The summed E-state index contributed by atoms with van der Waals surface area (Å²) in [5.74, 6) is 0.330. The second-order valence-corrected chi connectivity index (χ2v) is 10.0. The molecule has 1 amide bonds. The maximum absolute atomic E-state index is 13.4. The molecule has 0 spiro atoms. The third-order valence-electron chi connectivity index (χ3n) is 4.94. The lowest BCUT2D eigenvalue weighted by molar-refractivity contribution is -0.122. The van der Waals surface area contributed by atoms with Gasteiger partial charge in [0.15, 0.2) is 6.10 Å². The van der Waals surface area contributed by atoms with Crippen molar-refractivity contribution in [3.63, 3.8) is 0 Å². The van der Waals surface area contributed by atoms with Gasteiger partial charge in [0.2, 0.25) is 0 Å². The molecule has 9 heteroatoms. The van der Waals surface area contributed by atoms with E-state index < -0.39 is 22.0 Å². The minimum atomic E-state index is -3.97. The van der Waals surface area contributed by atoms with E-state index in [4.69, 9.17) is 21.1 Å². The van der Waals surface area contributed by atoms with Gasteiger partial charge in [-0.2, -0.15) is 0 Å². The van der Waals surface area contributed by atoms with Gasteiger partial charge in [-0.15, -0.1) is 0 Å². The number of hydrogen-bond acceptors (Lipinski definition) is 5. The topological polar surface area (TPSA) is 84.9 Å². The SMILES string of the molecule is CC(C)Oc1ccccc1NC(=O)C1CN(S(=O)(=O)c2ccc(Cl)cc2)c2ccccc2O1. The lowest BCUT2D eigenvalue weighted by Crippen LogP contribution is -2.48. The van der Waals surface area contributed by atoms with E-state index in [1.54, 1.807) is 48.5 Å². The molecule has 1 N–H and O–H groups in total. The molecule has 3 aromatic carbocycles. The monoisotopic (exact) mass is 486 g/mol. The van der Waals surface area contributed by atoms with Gasteiger partial charge in [-0.1, -0.05) is 35.9 Å². The Balaban J connectivity index is 1.64. The van der Waals surface area contributed by atoms with Crippen molar-refractivity contribution in [2.45, 2.75) is 31.0 Å². The fraction of sp³-hybridized carbons (Fsp3) is 0.208. The first kappa shape index (κ1) is 22.9. The van der Waals surface area contributed by atoms with Gasteiger partial charge in [0.05, 0.1) is 28.9 Å². The minimum absolute atomic E-state index is 0.0680. The zero-order valence-corrected chi connectivity index (χ0v) is 19.6. The molecular formula is C24H23ClN2O5S. The average Bonchev–Trinajstić information content (AvgIpc) is 2.79. The molecule has 1 unspecified atom stereocenters. The Kier molecular flexibility index (Phi) is 6.49. The van der Waals surface area contributed by atoms with Crippen LogP contribution >= 0.6 is 11.6 Å². The summed E-state index contributed by atoms with van der Waals surface area (Å²) >= 11 is 5.92. The second-order valence-electron chi connectivity index (χ2n) is 7.72. The van der Waals surface area contributed by atoms with E-state index in [0.717, 1.165) is 0 Å². The molecular weight excluding hydrogens is 464 g/mol. The Morgan fingerprint density at radius 3 is 2.45 bits per heavy atom. The van der Waals surface area contributed by atoms with Gasteiger partial charge in [0, 0.05) is 5.02 Å². The van der Waals surface area contributed by atoms with E-state index in [2.05, 4.69) is 5.32 Å². The number of carbonyl (C=O) groups is 1. The van der Waals surface area contributed by atoms with Crippen molar-refractivity contribution >= 4 is 38.9 Å². The maximum atomic E-state index is 13.4. The molecule has 1 atom stereocenters. The smallest absolute Gasteiger partial charge is 0.267 e. The summed E-state index contributed by atoms with van der Waals surface area (Å²) in [6.07, 6.45) is -1.16. The predicted molar refractivity (Wildman–Crippen MR) is 128 cm³/mol. The van der Waals surface area contributed by atoms with Crippen molar-refractivity contribution in [3.8, 4) is 11.5 Å². The van der Waals surface area contributed by atoms with Crippen LogP contribution in [0.15, 0.2) is 77.7 Å². The number of rotatable bonds is 6.